The molecule has 0 radical (unpaired) electrons. The number of hydrogen-bond donors (Lipinski definition) is 2. The molecule has 0 aliphatic carbocycles. The number of thiocarbonyl (C=S) groups is 1. The number of rotatable bonds is 3. The number of ether oxygens (including phenoxy) is 1. The van der Waals surface area contributed by atoms with E-state index in [9.17, 15) is 0 Å². The quantitative estimate of drug-likeness (QED) is 0.854. The minimum atomic E-state index is -0.898. The van der Waals surface area contributed by atoms with Crippen LogP contribution < -0.4 is 10.7 Å². The van der Waals surface area contributed by atoms with Gasteiger partial charge in [0.05, 0.1) is 0 Å². The molecule has 106 valence electrons. The molecule has 0 aromatic heterocycles. The van der Waals surface area contributed by atoms with Crippen molar-refractivity contribution in [2.24, 2.45) is 5.10 Å². The highest BCUT2D eigenvalue weighted by atomic mass is 32.1. The number of hydrogen-bond acceptors (Lipinski definition) is 3. The standard InChI is InChI=1S/C16H15N3OS/c1-20-16(13-10-6-3-7-11-13)14(18-19-15(21)17-16)12-8-4-2-5-9-12/h2-11H,1H3,(H2,17,19,21)/t16-/m0/s1. The van der Waals surface area contributed by atoms with E-state index in [2.05, 4.69) is 15.8 Å². The van der Waals surface area contributed by atoms with E-state index in [-0.39, 0.29) is 0 Å². The molecule has 0 fully saturated rings. The van der Waals surface area contributed by atoms with Gasteiger partial charge in [-0.15, -0.1) is 0 Å². The maximum Gasteiger partial charge on any atom is 0.212 e. The van der Waals surface area contributed by atoms with Crippen LogP contribution in [0.2, 0.25) is 0 Å². The predicted octanol–water partition coefficient (Wildman–Crippen LogP) is 2.37. The van der Waals surface area contributed by atoms with Crippen molar-refractivity contribution in [2.45, 2.75) is 5.72 Å². The fourth-order valence-corrected chi connectivity index (χ4v) is 2.63. The van der Waals surface area contributed by atoms with Gasteiger partial charge in [0.15, 0.2) is 5.11 Å². The van der Waals surface area contributed by atoms with Gasteiger partial charge in [0.1, 0.15) is 5.71 Å². The van der Waals surface area contributed by atoms with E-state index in [1.54, 1.807) is 7.11 Å². The zero-order valence-electron chi connectivity index (χ0n) is 11.5. The Kier molecular flexibility index (Phi) is 3.68. The SMILES string of the molecule is CO[C@]1(c2ccccc2)NC(=S)NN=C1c1ccccc1. The second kappa shape index (κ2) is 5.63. The molecule has 0 bridgehead atoms. The summed E-state index contributed by atoms with van der Waals surface area (Å²) < 4.78 is 5.83. The maximum atomic E-state index is 5.83. The summed E-state index contributed by atoms with van der Waals surface area (Å²) in [5.74, 6) is 0. The van der Waals surface area contributed by atoms with Gasteiger partial charge in [0, 0.05) is 18.2 Å². The van der Waals surface area contributed by atoms with Crippen LogP contribution in [0.15, 0.2) is 65.8 Å². The molecule has 21 heavy (non-hydrogen) atoms. The van der Waals surface area contributed by atoms with Gasteiger partial charge < -0.3 is 10.1 Å². The molecule has 4 nitrogen and oxygen atoms in total. The average molecular weight is 297 g/mol. The lowest BCUT2D eigenvalue weighted by atomic mass is 9.92. The van der Waals surface area contributed by atoms with Gasteiger partial charge in [-0.25, -0.2) is 0 Å². The highest BCUT2D eigenvalue weighted by molar-refractivity contribution is 7.80. The Labute approximate surface area is 128 Å². The van der Waals surface area contributed by atoms with Crippen LogP contribution in [0.5, 0.6) is 0 Å². The number of methoxy groups -OCH3 is 1. The topological polar surface area (TPSA) is 45.6 Å². The van der Waals surface area contributed by atoms with Gasteiger partial charge in [0.2, 0.25) is 5.72 Å². The van der Waals surface area contributed by atoms with Crippen LogP contribution in [0.1, 0.15) is 11.1 Å². The van der Waals surface area contributed by atoms with E-state index < -0.39 is 5.72 Å². The molecule has 2 aromatic rings. The molecule has 3 rings (SSSR count). The first kappa shape index (κ1) is 13.7. The normalized spacial score (nSPS) is 21.2. The summed E-state index contributed by atoms with van der Waals surface area (Å²) in [5, 5.41) is 8.06. The molecule has 2 N–H and O–H groups in total. The van der Waals surface area contributed by atoms with E-state index in [0.717, 1.165) is 16.8 Å². The largest absolute Gasteiger partial charge is 0.349 e. The summed E-state index contributed by atoms with van der Waals surface area (Å²) in [6, 6.07) is 19.8. The van der Waals surface area contributed by atoms with Crippen LogP contribution in [0.4, 0.5) is 0 Å². The molecule has 0 saturated heterocycles. The zero-order chi connectivity index (χ0) is 14.7. The molecule has 1 heterocycles. The van der Waals surface area contributed by atoms with E-state index in [1.807, 2.05) is 60.7 Å². The molecule has 0 spiro atoms. The minimum Gasteiger partial charge on any atom is -0.349 e. The molecule has 1 atom stereocenters. The monoisotopic (exact) mass is 297 g/mol. The Morgan fingerprint density at radius 2 is 1.62 bits per heavy atom. The van der Waals surface area contributed by atoms with Crippen molar-refractivity contribution in [3.05, 3.63) is 71.8 Å². The van der Waals surface area contributed by atoms with Gasteiger partial charge in [-0.2, -0.15) is 5.10 Å². The Bertz CT molecular complexity index is 672. The first-order valence-corrected chi connectivity index (χ1v) is 6.99. The van der Waals surface area contributed by atoms with E-state index in [4.69, 9.17) is 17.0 Å². The Hall–Kier alpha value is -2.24. The molecule has 1 aliphatic rings. The second-order valence-electron chi connectivity index (χ2n) is 4.64. The molecule has 0 amide bonds. The number of nitrogens with one attached hydrogen (secondary N) is 2. The first-order valence-electron chi connectivity index (χ1n) is 6.59. The van der Waals surface area contributed by atoms with E-state index in [0.29, 0.717) is 5.11 Å². The van der Waals surface area contributed by atoms with Crippen molar-refractivity contribution in [3.63, 3.8) is 0 Å². The molecular weight excluding hydrogens is 282 g/mol. The van der Waals surface area contributed by atoms with Crippen molar-refractivity contribution in [2.75, 3.05) is 7.11 Å². The van der Waals surface area contributed by atoms with Crippen molar-refractivity contribution in [3.8, 4) is 0 Å². The lowest BCUT2D eigenvalue weighted by Gasteiger charge is -2.38. The molecule has 0 unspecified atom stereocenters. The van der Waals surface area contributed by atoms with Crippen molar-refractivity contribution >= 4 is 23.0 Å². The van der Waals surface area contributed by atoms with Gasteiger partial charge in [-0.05, 0) is 12.2 Å². The van der Waals surface area contributed by atoms with Crippen molar-refractivity contribution in [1.82, 2.24) is 10.7 Å². The van der Waals surface area contributed by atoms with Crippen LogP contribution in [0.3, 0.4) is 0 Å². The molecule has 5 heteroatoms. The summed E-state index contributed by atoms with van der Waals surface area (Å²) in [4.78, 5) is 0. The summed E-state index contributed by atoms with van der Waals surface area (Å²) in [6.45, 7) is 0. The fourth-order valence-electron chi connectivity index (χ4n) is 2.44. The fraction of sp³-hybridized carbons (Fsp3) is 0.125. The lowest BCUT2D eigenvalue weighted by Crippen LogP contribution is -2.59. The van der Waals surface area contributed by atoms with Crippen molar-refractivity contribution in [1.29, 1.82) is 0 Å². The van der Waals surface area contributed by atoms with E-state index in [1.165, 1.54) is 0 Å². The lowest BCUT2D eigenvalue weighted by molar-refractivity contribution is 0.0318. The molecule has 1 aliphatic heterocycles. The Morgan fingerprint density at radius 3 is 2.24 bits per heavy atom. The van der Waals surface area contributed by atoms with Gasteiger partial charge in [-0.3, -0.25) is 5.43 Å². The van der Waals surface area contributed by atoms with Crippen LogP contribution >= 0.6 is 12.2 Å². The summed E-state index contributed by atoms with van der Waals surface area (Å²) in [5.41, 5.74) is 4.57. The van der Waals surface area contributed by atoms with Crippen LogP contribution in [0, 0.1) is 0 Å². The minimum absolute atomic E-state index is 0.431. The van der Waals surface area contributed by atoms with E-state index >= 15 is 0 Å². The highest BCUT2D eigenvalue weighted by Gasteiger charge is 2.42. The smallest absolute Gasteiger partial charge is 0.212 e. The van der Waals surface area contributed by atoms with Gasteiger partial charge >= 0.3 is 0 Å². The third-order valence-electron chi connectivity index (χ3n) is 3.43. The molecule has 0 saturated carbocycles. The summed E-state index contributed by atoms with van der Waals surface area (Å²) in [7, 11) is 1.65. The molecular formula is C16H15N3OS. The molecule has 2 aromatic carbocycles. The Balaban J connectivity index is 2.18. The van der Waals surface area contributed by atoms with Gasteiger partial charge in [0.25, 0.3) is 0 Å². The van der Waals surface area contributed by atoms with Crippen LogP contribution in [-0.2, 0) is 10.5 Å². The average Bonchev–Trinajstić information content (AvgIpc) is 2.56. The third-order valence-corrected chi connectivity index (χ3v) is 3.62. The zero-order valence-corrected chi connectivity index (χ0v) is 12.4. The predicted molar refractivity (Wildman–Crippen MR) is 87.0 cm³/mol. The first-order chi connectivity index (χ1) is 10.3. The van der Waals surface area contributed by atoms with Crippen LogP contribution in [-0.4, -0.2) is 17.9 Å². The van der Waals surface area contributed by atoms with Gasteiger partial charge in [-0.1, -0.05) is 60.7 Å². The third kappa shape index (κ3) is 2.41. The Morgan fingerprint density at radius 1 is 1.00 bits per heavy atom. The highest BCUT2D eigenvalue weighted by Crippen LogP contribution is 2.29. The van der Waals surface area contributed by atoms with Crippen LogP contribution in [0.25, 0.3) is 0 Å². The summed E-state index contributed by atoms with van der Waals surface area (Å²) in [6.07, 6.45) is 0. The summed E-state index contributed by atoms with van der Waals surface area (Å²) >= 11 is 5.21. The number of hydrazone groups is 1. The van der Waals surface area contributed by atoms with Crippen molar-refractivity contribution < 1.29 is 4.74 Å². The second-order valence-corrected chi connectivity index (χ2v) is 5.05. The number of nitrogens with zero attached hydrogens (tertiary/aromatic N) is 1. The number of benzene rings is 2. The maximum absolute atomic E-state index is 5.83.